The van der Waals surface area contributed by atoms with Gasteiger partial charge in [-0.2, -0.15) is 0 Å². The first-order valence-corrected chi connectivity index (χ1v) is 41.3. The van der Waals surface area contributed by atoms with E-state index in [2.05, 4.69) is 333 Å². The quantitative estimate of drug-likeness (QED) is 0.0670. The summed E-state index contributed by atoms with van der Waals surface area (Å²) in [6, 6.07) is 111. The van der Waals surface area contributed by atoms with Gasteiger partial charge in [0.25, 0.3) is 0 Å². The number of benzene rings is 15. The minimum absolute atomic E-state index is 0.159. The number of hydrogen-bond donors (Lipinski definition) is 0. The van der Waals surface area contributed by atoms with Crippen LogP contribution in [0.1, 0.15) is 165 Å². The minimum Gasteiger partial charge on any atom is -0.455 e. The van der Waals surface area contributed by atoms with Gasteiger partial charge in [-0.15, -0.1) is 0 Å². The molecule has 3 aliphatic rings. The fourth-order valence-electron chi connectivity index (χ4n) is 20.5. The van der Waals surface area contributed by atoms with Crippen LogP contribution in [0.25, 0.3) is 177 Å². The Hall–Kier alpha value is -11.6. The third kappa shape index (κ3) is 11.2. The normalized spacial score (nSPS) is 14.0. The van der Waals surface area contributed by atoms with E-state index in [9.17, 15) is 0 Å². The first kappa shape index (κ1) is 68.7. The molecule has 0 N–H and O–H groups in total. The van der Waals surface area contributed by atoms with Gasteiger partial charge in [0.1, 0.15) is 22.3 Å². The van der Waals surface area contributed by atoms with Crippen molar-refractivity contribution in [1.29, 1.82) is 0 Å². The molecule has 0 radical (unpaired) electrons. The van der Waals surface area contributed by atoms with Crippen molar-refractivity contribution in [2.75, 3.05) is 0 Å². The van der Waals surface area contributed by atoms with Gasteiger partial charge in [0.15, 0.2) is 0 Å². The van der Waals surface area contributed by atoms with Gasteiger partial charge in [-0.05, 0) is 235 Å². The van der Waals surface area contributed by atoms with Gasteiger partial charge >= 0.3 is 0 Å². The van der Waals surface area contributed by atoms with Crippen LogP contribution in [-0.4, -0.2) is 0 Å². The van der Waals surface area contributed by atoms with E-state index in [4.69, 9.17) is 8.83 Å². The Morgan fingerprint density at radius 2 is 0.577 bits per heavy atom. The van der Waals surface area contributed by atoms with Gasteiger partial charge in [0.05, 0.1) is 0 Å². The number of unbranched alkanes of at least 4 members (excludes halogenated alkanes) is 10. The van der Waals surface area contributed by atoms with Gasteiger partial charge in [-0.25, -0.2) is 0 Å². The molecule has 2 heteroatoms. The molecule has 2 heterocycles. The van der Waals surface area contributed by atoms with Gasteiger partial charge in [0.2, 0.25) is 0 Å². The average Bonchev–Trinajstić information content (AvgIpc) is 1.51. The molecule has 0 unspecified atom stereocenters. The molecule has 0 bridgehead atoms. The van der Waals surface area contributed by atoms with Crippen LogP contribution in [-0.2, 0) is 16.2 Å². The summed E-state index contributed by atoms with van der Waals surface area (Å²) in [6.07, 6.45) is 17.6. The van der Waals surface area contributed by atoms with Crippen LogP contribution in [0.15, 0.2) is 300 Å². The molecule has 2 aromatic heterocycles. The molecule has 0 spiro atoms. The Bertz CT molecular complexity index is 6530. The number of furan rings is 2. The maximum Gasteiger partial charge on any atom is 0.143 e. The zero-order chi connectivity index (χ0) is 74.7. The van der Waals surface area contributed by atoms with Crippen molar-refractivity contribution in [3.8, 4) is 111 Å². The molecule has 0 fully saturated rings. The Balaban J connectivity index is 0.703. The van der Waals surface area contributed by atoms with Crippen molar-refractivity contribution in [2.24, 2.45) is 0 Å². The van der Waals surface area contributed by atoms with E-state index in [1.54, 1.807) is 11.1 Å². The average molecular weight is 1440 g/mol. The maximum absolute atomic E-state index is 6.63. The standard InChI is InChI=1S/C109H94O2/c1-7-9-11-13-15-28-58-109(59-29-16-14-12-10-8-2)97-67-93-95(107(3,4)99-63-89(80-40-20-22-44-84(80)103(93)99)71-54-52-69(53-55-71)72-36-30-38-74(60-72)78-46-32-48-86-82-42-24-26-50-101(82)110-105(78)86)65-91(97)92-66-96-94(68-98(92)109)104-85-45-23-21-41-81(85)90(64-100(104)108(96,5)6)76-56-57-77(88(62-76)70-34-18-17-19-35-70)73-37-31-39-75(61-73)79-47-33-49-87-83-43-25-27-51-102(83)111-106(79)87/h17-27,30-57,60-68H,7-16,28-29,58-59H2,1-6H3. The highest BCUT2D eigenvalue weighted by Crippen LogP contribution is 2.64. The third-order valence-electron chi connectivity index (χ3n) is 26.3. The van der Waals surface area contributed by atoms with Crippen LogP contribution in [0.5, 0.6) is 0 Å². The summed E-state index contributed by atoms with van der Waals surface area (Å²) >= 11 is 0. The summed E-state index contributed by atoms with van der Waals surface area (Å²) < 4.78 is 13.2. The van der Waals surface area contributed by atoms with Crippen molar-refractivity contribution in [1.82, 2.24) is 0 Å². The summed E-state index contributed by atoms with van der Waals surface area (Å²) in [5.41, 5.74) is 37.1. The molecule has 111 heavy (non-hydrogen) atoms. The molecule has 15 aromatic carbocycles. The monoisotopic (exact) mass is 1430 g/mol. The van der Waals surface area contributed by atoms with Crippen LogP contribution in [0.3, 0.4) is 0 Å². The summed E-state index contributed by atoms with van der Waals surface area (Å²) in [5, 5.41) is 9.86. The lowest BCUT2D eigenvalue weighted by Crippen LogP contribution is -2.26. The number of fused-ring (bicyclic) bond motifs is 19. The SMILES string of the molecule is CCCCCCCCC1(CCCCCCCC)c2cc3c(cc2-c2cc4c(cc21)-c1c(cc(-c2ccc(-c5cccc(-c6cccc7c6oc6ccccc67)c5)c(-c5ccccc5)c2)c2ccccc12)C4(C)C)C(C)(C)c1cc(-c2ccc(-c4cccc(-c5cccc6c5oc5ccccc56)c4)cc2)c2ccccc2c1-3. The lowest BCUT2D eigenvalue weighted by molar-refractivity contribution is 0.398. The van der Waals surface area contributed by atoms with Crippen molar-refractivity contribution < 1.29 is 8.83 Å². The van der Waals surface area contributed by atoms with Gasteiger partial charge in [0, 0.05) is 48.9 Å². The summed E-state index contributed by atoms with van der Waals surface area (Å²) in [6.45, 7) is 14.8. The van der Waals surface area contributed by atoms with Crippen molar-refractivity contribution >= 4 is 65.4 Å². The lowest BCUT2D eigenvalue weighted by Gasteiger charge is -2.34. The van der Waals surface area contributed by atoms with E-state index in [0.717, 1.165) is 79.0 Å². The third-order valence-corrected chi connectivity index (χ3v) is 26.3. The second-order valence-electron chi connectivity index (χ2n) is 33.5. The fraction of sp³-hybridized carbons (Fsp3) is 0.211. The first-order valence-electron chi connectivity index (χ1n) is 41.3. The van der Waals surface area contributed by atoms with Crippen molar-refractivity contribution in [2.45, 2.75) is 148 Å². The number of hydrogen-bond acceptors (Lipinski definition) is 2. The van der Waals surface area contributed by atoms with E-state index in [1.807, 2.05) is 0 Å². The van der Waals surface area contributed by atoms with Gasteiger partial charge in [-0.3, -0.25) is 0 Å². The molecule has 17 aromatic rings. The molecule has 2 nitrogen and oxygen atoms in total. The van der Waals surface area contributed by atoms with Gasteiger partial charge < -0.3 is 8.83 Å². The smallest absolute Gasteiger partial charge is 0.143 e. The fourth-order valence-corrected chi connectivity index (χ4v) is 20.5. The molecule has 0 saturated carbocycles. The molecular formula is C109H94O2. The highest BCUT2D eigenvalue weighted by molar-refractivity contribution is 6.14. The van der Waals surface area contributed by atoms with E-state index < -0.39 is 0 Å². The summed E-state index contributed by atoms with van der Waals surface area (Å²) in [7, 11) is 0. The molecule has 20 rings (SSSR count). The predicted molar refractivity (Wildman–Crippen MR) is 471 cm³/mol. The largest absolute Gasteiger partial charge is 0.455 e. The molecule has 0 amide bonds. The van der Waals surface area contributed by atoms with E-state index in [1.165, 1.54) is 210 Å². The van der Waals surface area contributed by atoms with Crippen LogP contribution in [0.4, 0.5) is 0 Å². The predicted octanol–water partition coefficient (Wildman–Crippen LogP) is 31.8. The van der Waals surface area contributed by atoms with Crippen LogP contribution >= 0.6 is 0 Å². The molecular weight excluding hydrogens is 1340 g/mol. The second-order valence-corrected chi connectivity index (χ2v) is 33.5. The Kier molecular flexibility index (Phi) is 17.0. The lowest BCUT2D eigenvalue weighted by atomic mass is 9.69. The minimum atomic E-state index is -0.303. The van der Waals surface area contributed by atoms with Crippen molar-refractivity contribution in [3.05, 3.63) is 325 Å². The van der Waals surface area contributed by atoms with E-state index >= 15 is 0 Å². The Morgan fingerprint density at radius 1 is 0.216 bits per heavy atom. The highest BCUT2D eigenvalue weighted by Gasteiger charge is 2.49. The molecule has 0 saturated heterocycles. The van der Waals surface area contributed by atoms with E-state index in [0.29, 0.717) is 0 Å². The maximum atomic E-state index is 6.63. The topological polar surface area (TPSA) is 26.3 Å². The molecule has 542 valence electrons. The second kappa shape index (κ2) is 27.5. The number of para-hydroxylation sites is 4. The highest BCUT2D eigenvalue weighted by atomic mass is 16.3. The van der Waals surface area contributed by atoms with Crippen molar-refractivity contribution in [3.63, 3.8) is 0 Å². The zero-order valence-electron chi connectivity index (χ0n) is 64.9. The van der Waals surface area contributed by atoms with Crippen LogP contribution in [0.2, 0.25) is 0 Å². The van der Waals surface area contributed by atoms with Gasteiger partial charge in [-0.1, -0.05) is 343 Å². The summed E-state index contributed by atoms with van der Waals surface area (Å²) in [5.74, 6) is 0. The van der Waals surface area contributed by atoms with Crippen LogP contribution < -0.4 is 0 Å². The first-order chi connectivity index (χ1) is 54.5. The summed E-state index contributed by atoms with van der Waals surface area (Å²) in [4.78, 5) is 0. The Morgan fingerprint density at radius 3 is 1.10 bits per heavy atom. The Labute approximate surface area is 653 Å². The zero-order valence-corrected chi connectivity index (χ0v) is 64.9. The van der Waals surface area contributed by atoms with Crippen LogP contribution in [0, 0.1) is 0 Å². The molecule has 0 atom stereocenters. The van der Waals surface area contributed by atoms with E-state index in [-0.39, 0.29) is 16.2 Å². The number of rotatable bonds is 21. The molecule has 0 aliphatic heterocycles. The molecule has 3 aliphatic carbocycles.